The first-order chi connectivity index (χ1) is 10.0. The molecule has 1 saturated carbocycles. The largest absolute Gasteiger partial charge is 0.350 e. The van der Waals surface area contributed by atoms with Crippen LogP contribution in [0.5, 0.6) is 0 Å². The second-order valence-corrected chi connectivity index (χ2v) is 6.38. The average molecular weight is 296 g/mol. The Bertz CT molecular complexity index is 398. The number of rotatable bonds is 6. The number of amides is 3. The minimum atomic E-state index is -0.119. The summed E-state index contributed by atoms with van der Waals surface area (Å²) in [4.78, 5) is 38.8. The minimum absolute atomic E-state index is 0.0600. The van der Waals surface area contributed by atoms with E-state index in [9.17, 15) is 14.4 Å². The van der Waals surface area contributed by atoms with E-state index in [4.69, 9.17) is 0 Å². The minimum Gasteiger partial charge on any atom is -0.350 e. The molecule has 1 aliphatic carbocycles. The van der Waals surface area contributed by atoms with Gasteiger partial charge in [0.05, 0.1) is 39.0 Å². The molecule has 0 bridgehead atoms. The Kier molecular flexibility index (Phi) is 5.33. The highest BCUT2D eigenvalue weighted by Crippen LogP contribution is 2.37. The molecule has 6 nitrogen and oxygen atoms in total. The second kappa shape index (κ2) is 7.02. The molecule has 2 fully saturated rings. The molecule has 2 N–H and O–H groups in total. The smallest absolute Gasteiger partial charge is 0.233 e. The molecule has 0 spiro atoms. The fourth-order valence-electron chi connectivity index (χ4n) is 3.21. The van der Waals surface area contributed by atoms with E-state index in [1.54, 1.807) is 0 Å². The van der Waals surface area contributed by atoms with E-state index in [-0.39, 0.29) is 42.5 Å². The summed E-state index contributed by atoms with van der Waals surface area (Å²) in [6.45, 7) is 1.71. The Morgan fingerprint density at radius 3 is 2.29 bits per heavy atom. The first kappa shape index (κ1) is 15.9. The maximum atomic E-state index is 12.2. The van der Waals surface area contributed by atoms with Crippen molar-refractivity contribution in [3.8, 4) is 0 Å². The van der Waals surface area contributed by atoms with Crippen LogP contribution in [-0.4, -0.2) is 56.4 Å². The fraction of sp³-hybridized carbons (Fsp3) is 0.800. The van der Waals surface area contributed by atoms with E-state index in [2.05, 4.69) is 5.32 Å². The lowest BCUT2D eigenvalue weighted by molar-refractivity contribution is -0.856. The van der Waals surface area contributed by atoms with Crippen molar-refractivity contribution in [3.05, 3.63) is 0 Å². The summed E-state index contributed by atoms with van der Waals surface area (Å²) in [6, 6.07) is 0. The van der Waals surface area contributed by atoms with Crippen molar-refractivity contribution in [2.24, 2.45) is 11.8 Å². The zero-order valence-corrected chi connectivity index (χ0v) is 13.0. The lowest BCUT2D eigenvalue weighted by Gasteiger charge is -2.19. The molecule has 0 unspecified atom stereocenters. The van der Waals surface area contributed by atoms with E-state index in [1.165, 1.54) is 9.80 Å². The third-order valence-electron chi connectivity index (χ3n) is 4.44. The van der Waals surface area contributed by atoms with Crippen LogP contribution < -0.4 is 10.2 Å². The van der Waals surface area contributed by atoms with Gasteiger partial charge in [0.15, 0.2) is 0 Å². The van der Waals surface area contributed by atoms with Crippen LogP contribution in [-0.2, 0) is 14.4 Å². The highest BCUT2D eigenvalue weighted by Gasteiger charge is 2.47. The van der Waals surface area contributed by atoms with Crippen LogP contribution in [0.3, 0.4) is 0 Å². The lowest BCUT2D eigenvalue weighted by atomic mass is 9.81. The van der Waals surface area contributed by atoms with Gasteiger partial charge in [0.2, 0.25) is 17.7 Å². The van der Waals surface area contributed by atoms with Gasteiger partial charge in [-0.05, 0) is 12.8 Å². The van der Waals surface area contributed by atoms with Gasteiger partial charge >= 0.3 is 0 Å². The number of nitrogens with zero attached hydrogens (tertiary/aromatic N) is 1. The fourth-order valence-corrected chi connectivity index (χ4v) is 3.21. The number of likely N-dealkylation sites (tertiary alicyclic amines) is 1. The maximum absolute atomic E-state index is 12.2. The van der Waals surface area contributed by atoms with E-state index in [1.807, 2.05) is 14.1 Å². The first-order valence-corrected chi connectivity index (χ1v) is 7.91. The van der Waals surface area contributed by atoms with Gasteiger partial charge in [-0.3, -0.25) is 19.3 Å². The molecule has 2 aliphatic rings. The monoisotopic (exact) mass is 296 g/mol. The molecule has 2 rings (SSSR count). The molecule has 6 heteroatoms. The molecule has 0 aromatic rings. The van der Waals surface area contributed by atoms with Gasteiger partial charge in [0.25, 0.3) is 0 Å². The Hall–Kier alpha value is -1.43. The molecule has 1 heterocycles. The Balaban J connectivity index is 1.79. The van der Waals surface area contributed by atoms with Crippen molar-refractivity contribution in [2.45, 2.75) is 32.1 Å². The van der Waals surface area contributed by atoms with E-state index >= 15 is 0 Å². The highest BCUT2D eigenvalue weighted by molar-refractivity contribution is 6.05. The number of carbonyl (C=O) groups is 3. The molecule has 3 amide bonds. The van der Waals surface area contributed by atoms with Gasteiger partial charge < -0.3 is 10.2 Å². The van der Waals surface area contributed by atoms with Crippen molar-refractivity contribution in [1.82, 2.24) is 10.2 Å². The molecule has 0 aromatic heterocycles. The van der Waals surface area contributed by atoms with E-state index in [0.717, 1.165) is 32.2 Å². The highest BCUT2D eigenvalue weighted by atomic mass is 16.2. The third kappa shape index (κ3) is 3.81. The van der Waals surface area contributed by atoms with Gasteiger partial charge in [0.1, 0.15) is 0 Å². The van der Waals surface area contributed by atoms with Crippen molar-refractivity contribution in [2.75, 3.05) is 33.7 Å². The number of quaternary nitrogens is 1. The van der Waals surface area contributed by atoms with Crippen molar-refractivity contribution in [3.63, 3.8) is 0 Å². The van der Waals surface area contributed by atoms with Crippen LogP contribution >= 0.6 is 0 Å². The molecular weight excluding hydrogens is 270 g/mol. The second-order valence-electron chi connectivity index (χ2n) is 6.38. The molecular formula is C15H26N3O3+. The number of hydrogen-bond acceptors (Lipinski definition) is 3. The number of carbonyl (C=O) groups excluding carboxylic acids is 3. The molecule has 118 valence electrons. The van der Waals surface area contributed by atoms with Crippen LogP contribution in [0, 0.1) is 11.8 Å². The molecule has 1 saturated heterocycles. The average Bonchev–Trinajstić information content (AvgIpc) is 2.69. The number of imide groups is 1. The molecule has 2 atom stereocenters. The standard InChI is InChI=1S/C15H25N3O3/c1-17(2)10-8-16-13(19)7-9-18-14(20)11-5-3-4-6-12(11)15(18)21/h11-12H,3-10H2,1-2H3,(H,16,19)/p+1/t11-,12-/m1/s1. The van der Waals surface area contributed by atoms with Crippen molar-refractivity contribution >= 4 is 17.7 Å². The number of fused-ring (bicyclic) bond motifs is 1. The van der Waals surface area contributed by atoms with E-state index < -0.39 is 0 Å². The van der Waals surface area contributed by atoms with Crippen molar-refractivity contribution < 1.29 is 19.3 Å². The first-order valence-electron chi connectivity index (χ1n) is 7.91. The zero-order chi connectivity index (χ0) is 15.4. The van der Waals surface area contributed by atoms with Gasteiger partial charge in [-0.2, -0.15) is 0 Å². The summed E-state index contributed by atoms with van der Waals surface area (Å²) in [7, 11) is 4.05. The predicted octanol–water partition coefficient (Wildman–Crippen LogP) is -1.19. The van der Waals surface area contributed by atoms with Crippen LogP contribution in [0.25, 0.3) is 0 Å². The van der Waals surface area contributed by atoms with Gasteiger partial charge in [-0.25, -0.2) is 0 Å². The number of hydrogen-bond donors (Lipinski definition) is 2. The van der Waals surface area contributed by atoms with Crippen LogP contribution in [0.15, 0.2) is 0 Å². The normalized spacial score (nSPS) is 25.4. The molecule has 1 aliphatic heterocycles. The Morgan fingerprint density at radius 1 is 1.19 bits per heavy atom. The van der Waals surface area contributed by atoms with Gasteiger partial charge in [-0.1, -0.05) is 12.8 Å². The summed E-state index contributed by atoms with van der Waals surface area (Å²) in [5.74, 6) is -0.449. The number of likely N-dealkylation sites (N-methyl/N-ethyl adjacent to an activating group) is 1. The van der Waals surface area contributed by atoms with Gasteiger partial charge in [-0.15, -0.1) is 0 Å². The summed E-state index contributed by atoms with van der Waals surface area (Å²) in [5, 5.41) is 2.82. The third-order valence-corrected chi connectivity index (χ3v) is 4.44. The van der Waals surface area contributed by atoms with Gasteiger partial charge in [0, 0.05) is 13.0 Å². The van der Waals surface area contributed by atoms with E-state index in [0.29, 0.717) is 6.54 Å². The number of nitrogens with one attached hydrogen (secondary N) is 2. The SMILES string of the molecule is C[NH+](C)CCNC(=O)CCN1C(=O)[C@@H]2CCCC[C@H]2C1=O. The summed E-state index contributed by atoms with van der Waals surface area (Å²) in [6.07, 6.45) is 3.91. The molecule has 0 radical (unpaired) electrons. The van der Waals surface area contributed by atoms with Crippen LogP contribution in [0.2, 0.25) is 0 Å². The van der Waals surface area contributed by atoms with Crippen LogP contribution in [0.4, 0.5) is 0 Å². The lowest BCUT2D eigenvalue weighted by Crippen LogP contribution is -3.06. The molecule has 0 aromatic carbocycles. The predicted molar refractivity (Wildman–Crippen MR) is 77.5 cm³/mol. The topological polar surface area (TPSA) is 70.9 Å². The zero-order valence-electron chi connectivity index (χ0n) is 13.0. The maximum Gasteiger partial charge on any atom is 0.233 e. The molecule has 21 heavy (non-hydrogen) atoms. The van der Waals surface area contributed by atoms with Crippen molar-refractivity contribution in [1.29, 1.82) is 0 Å². The Morgan fingerprint density at radius 2 is 1.76 bits per heavy atom. The quantitative estimate of drug-likeness (QED) is 0.606. The Labute approximate surface area is 125 Å². The summed E-state index contributed by atoms with van der Waals surface area (Å²) >= 11 is 0. The summed E-state index contributed by atoms with van der Waals surface area (Å²) < 4.78 is 0. The summed E-state index contributed by atoms with van der Waals surface area (Å²) in [5.41, 5.74) is 0. The van der Waals surface area contributed by atoms with Crippen LogP contribution in [0.1, 0.15) is 32.1 Å².